The number of carbonyl (C=O) groups excluding carboxylic acids is 1. The predicted octanol–water partition coefficient (Wildman–Crippen LogP) is 2.08. The summed E-state index contributed by atoms with van der Waals surface area (Å²) in [5, 5.41) is 0. The molecule has 0 aliphatic heterocycles. The van der Waals surface area contributed by atoms with Gasteiger partial charge < -0.3 is 10.6 Å². The molecule has 1 aromatic carbocycles. The van der Waals surface area contributed by atoms with Gasteiger partial charge in [-0.3, -0.25) is 4.79 Å². The van der Waals surface area contributed by atoms with E-state index in [4.69, 9.17) is 5.73 Å². The van der Waals surface area contributed by atoms with Gasteiger partial charge in [-0.2, -0.15) is 0 Å². The van der Waals surface area contributed by atoms with Gasteiger partial charge in [-0.1, -0.05) is 12.1 Å². The Hall–Kier alpha value is -1.42. The van der Waals surface area contributed by atoms with E-state index in [1.807, 2.05) is 13.8 Å². The van der Waals surface area contributed by atoms with Crippen LogP contribution in [0.25, 0.3) is 0 Å². The van der Waals surface area contributed by atoms with E-state index in [1.165, 1.54) is 12.1 Å². The van der Waals surface area contributed by atoms with E-state index < -0.39 is 0 Å². The molecule has 2 N–H and O–H groups in total. The number of hydrogen-bond donors (Lipinski definition) is 1. The first kappa shape index (κ1) is 13.6. The van der Waals surface area contributed by atoms with E-state index in [1.54, 1.807) is 17.0 Å². The molecule has 94 valence electrons. The molecule has 1 aromatic rings. The number of amides is 1. The Balaban J connectivity index is 2.81. The van der Waals surface area contributed by atoms with Crippen molar-refractivity contribution in [2.24, 2.45) is 5.73 Å². The molecule has 0 saturated heterocycles. The van der Waals surface area contributed by atoms with Crippen LogP contribution in [0.1, 0.15) is 31.9 Å². The van der Waals surface area contributed by atoms with Gasteiger partial charge in [-0.25, -0.2) is 4.39 Å². The summed E-state index contributed by atoms with van der Waals surface area (Å²) in [6, 6.07) is 6.18. The molecule has 0 radical (unpaired) electrons. The molecular weight excluding hydrogens is 219 g/mol. The predicted molar refractivity (Wildman–Crippen MR) is 65.9 cm³/mol. The highest BCUT2D eigenvalue weighted by molar-refractivity contribution is 5.76. The summed E-state index contributed by atoms with van der Waals surface area (Å²) in [7, 11) is 0. The molecular formula is C13H19FN2O. The first-order valence-electron chi connectivity index (χ1n) is 5.85. The molecule has 0 fully saturated rings. The van der Waals surface area contributed by atoms with Crippen molar-refractivity contribution in [2.75, 3.05) is 13.1 Å². The Bertz CT molecular complexity index is 364. The molecule has 0 heterocycles. The van der Waals surface area contributed by atoms with Crippen molar-refractivity contribution < 1.29 is 9.18 Å². The molecule has 0 aliphatic carbocycles. The van der Waals surface area contributed by atoms with Gasteiger partial charge in [0.2, 0.25) is 5.91 Å². The molecule has 0 aliphatic rings. The molecule has 1 unspecified atom stereocenters. The number of hydrogen-bond acceptors (Lipinski definition) is 2. The van der Waals surface area contributed by atoms with Crippen LogP contribution in [0.15, 0.2) is 24.3 Å². The van der Waals surface area contributed by atoms with Gasteiger partial charge in [0.1, 0.15) is 5.82 Å². The minimum absolute atomic E-state index is 0.0341. The molecule has 1 amide bonds. The first-order chi connectivity index (χ1) is 8.10. The van der Waals surface area contributed by atoms with E-state index in [2.05, 4.69) is 0 Å². The SMILES string of the molecule is CCN(C(=O)CCN)C(C)c1ccc(F)cc1. The van der Waals surface area contributed by atoms with Crippen LogP contribution in [0.2, 0.25) is 0 Å². The molecule has 0 spiro atoms. The van der Waals surface area contributed by atoms with Gasteiger partial charge in [0.05, 0.1) is 6.04 Å². The zero-order chi connectivity index (χ0) is 12.8. The monoisotopic (exact) mass is 238 g/mol. The van der Waals surface area contributed by atoms with Crippen molar-refractivity contribution in [1.29, 1.82) is 0 Å². The van der Waals surface area contributed by atoms with Crippen molar-refractivity contribution in [1.82, 2.24) is 4.90 Å². The molecule has 17 heavy (non-hydrogen) atoms. The third-order valence-corrected chi connectivity index (χ3v) is 2.84. The van der Waals surface area contributed by atoms with Gasteiger partial charge in [0, 0.05) is 19.5 Å². The minimum Gasteiger partial charge on any atom is -0.336 e. The van der Waals surface area contributed by atoms with Crippen LogP contribution in [-0.4, -0.2) is 23.9 Å². The average Bonchev–Trinajstić information content (AvgIpc) is 2.31. The molecule has 0 bridgehead atoms. The number of nitrogens with zero attached hydrogens (tertiary/aromatic N) is 1. The second-order valence-corrected chi connectivity index (χ2v) is 3.95. The Labute approximate surface area is 101 Å². The fourth-order valence-corrected chi connectivity index (χ4v) is 1.85. The standard InChI is InChI=1S/C13H19FN2O/c1-3-16(13(17)8-9-15)10(2)11-4-6-12(14)7-5-11/h4-7,10H,3,8-9,15H2,1-2H3. The molecule has 4 heteroatoms. The third kappa shape index (κ3) is 3.53. The van der Waals surface area contributed by atoms with E-state index in [9.17, 15) is 9.18 Å². The topological polar surface area (TPSA) is 46.3 Å². The summed E-state index contributed by atoms with van der Waals surface area (Å²) in [6.07, 6.45) is 0.347. The second-order valence-electron chi connectivity index (χ2n) is 3.95. The van der Waals surface area contributed by atoms with Crippen molar-refractivity contribution >= 4 is 5.91 Å². The summed E-state index contributed by atoms with van der Waals surface area (Å²) in [4.78, 5) is 13.6. The lowest BCUT2D eigenvalue weighted by Crippen LogP contribution is -2.34. The van der Waals surface area contributed by atoms with E-state index >= 15 is 0 Å². The minimum atomic E-state index is -0.266. The van der Waals surface area contributed by atoms with Crippen molar-refractivity contribution in [3.63, 3.8) is 0 Å². The van der Waals surface area contributed by atoms with Crippen LogP contribution in [0.5, 0.6) is 0 Å². The Kier molecular flexibility index (Phi) is 5.10. The number of benzene rings is 1. The Morgan fingerprint density at radius 2 is 2.00 bits per heavy atom. The van der Waals surface area contributed by atoms with E-state index in [0.717, 1.165) is 5.56 Å². The summed E-state index contributed by atoms with van der Waals surface area (Å²) in [5.74, 6) is -0.232. The van der Waals surface area contributed by atoms with Gasteiger partial charge >= 0.3 is 0 Å². The summed E-state index contributed by atoms with van der Waals surface area (Å²) < 4.78 is 12.8. The third-order valence-electron chi connectivity index (χ3n) is 2.84. The zero-order valence-electron chi connectivity index (χ0n) is 10.3. The number of halogens is 1. The van der Waals surface area contributed by atoms with Crippen LogP contribution in [-0.2, 0) is 4.79 Å². The van der Waals surface area contributed by atoms with Crippen molar-refractivity contribution in [3.05, 3.63) is 35.6 Å². The molecule has 1 atom stereocenters. The van der Waals surface area contributed by atoms with Crippen molar-refractivity contribution in [2.45, 2.75) is 26.3 Å². The molecule has 0 saturated carbocycles. The largest absolute Gasteiger partial charge is 0.336 e. The van der Waals surface area contributed by atoms with E-state index in [0.29, 0.717) is 19.5 Å². The number of rotatable bonds is 5. The van der Waals surface area contributed by atoms with Crippen LogP contribution >= 0.6 is 0 Å². The molecule has 3 nitrogen and oxygen atoms in total. The van der Waals surface area contributed by atoms with Gasteiger partial charge in [-0.05, 0) is 31.5 Å². The molecule has 0 aromatic heterocycles. The maximum atomic E-state index is 12.8. The highest BCUT2D eigenvalue weighted by Crippen LogP contribution is 2.20. The second kappa shape index (κ2) is 6.35. The van der Waals surface area contributed by atoms with Gasteiger partial charge in [0.15, 0.2) is 0 Å². The van der Waals surface area contributed by atoms with Crippen LogP contribution < -0.4 is 5.73 Å². The fraction of sp³-hybridized carbons (Fsp3) is 0.462. The summed E-state index contributed by atoms with van der Waals surface area (Å²) in [6.45, 7) is 4.84. The maximum absolute atomic E-state index is 12.8. The molecule has 1 rings (SSSR count). The normalized spacial score (nSPS) is 12.2. The smallest absolute Gasteiger partial charge is 0.224 e. The lowest BCUT2D eigenvalue weighted by Gasteiger charge is -2.28. The van der Waals surface area contributed by atoms with Crippen LogP contribution in [0.4, 0.5) is 4.39 Å². The Morgan fingerprint density at radius 3 is 2.47 bits per heavy atom. The van der Waals surface area contributed by atoms with Crippen LogP contribution in [0.3, 0.4) is 0 Å². The Morgan fingerprint density at radius 1 is 1.41 bits per heavy atom. The van der Waals surface area contributed by atoms with Crippen LogP contribution in [0, 0.1) is 5.82 Å². The van der Waals surface area contributed by atoms with Crippen molar-refractivity contribution in [3.8, 4) is 0 Å². The lowest BCUT2D eigenvalue weighted by molar-refractivity contribution is -0.132. The quantitative estimate of drug-likeness (QED) is 0.853. The van der Waals surface area contributed by atoms with Gasteiger partial charge in [-0.15, -0.1) is 0 Å². The highest BCUT2D eigenvalue weighted by atomic mass is 19.1. The maximum Gasteiger partial charge on any atom is 0.224 e. The summed E-state index contributed by atoms with van der Waals surface area (Å²) >= 11 is 0. The zero-order valence-corrected chi connectivity index (χ0v) is 10.3. The fourth-order valence-electron chi connectivity index (χ4n) is 1.85. The highest BCUT2D eigenvalue weighted by Gasteiger charge is 2.18. The van der Waals surface area contributed by atoms with E-state index in [-0.39, 0.29) is 17.8 Å². The number of carbonyl (C=O) groups is 1. The van der Waals surface area contributed by atoms with Gasteiger partial charge in [0.25, 0.3) is 0 Å². The average molecular weight is 238 g/mol. The first-order valence-corrected chi connectivity index (χ1v) is 5.85. The number of nitrogens with two attached hydrogens (primary N) is 1. The summed E-state index contributed by atoms with van der Waals surface area (Å²) in [5.41, 5.74) is 6.31. The lowest BCUT2D eigenvalue weighted by atomic mass is 10.1.